The maximum atomic E-state index is 14.7. The minimum atomic E-state index is -1.75. The third-order valence-electron chi connectivity index (χ3n) is 23.1. The van der Waals surface area contributed by atoms with Crippen LogP contribution in [0.5, 0.6) is 0 Å². The highest BCUT2D eigenvalue weighted by Gasteiger charge is 2.55. The number of cyclic esters (lactones) is 2. The molecule has 1 aromatic heterocycles. The predicted molar refractivity (Wildman–Crippen MR) is 429 cm³/mol. The number of aliphatic hydroxyl groups is 1. The van der Waals surface area contributed by atoms with E-state index in [1.807, 2.05) is 113 Å². The molecule has 0 radical (unpaired) electrons. The molecule has 0 spiro atoms. The van der Waals surface area contributed by atoms with Gasteiger partial charge >= 0.3 is 30.0 Å². The van der Waals surface area contributed by atoms with Crippen molar-refractivity contribution >= 4 is 53.1 Å². The summed E-state index contributed by atoms with van der Waals surface area (Å²) >= 11 is 0. The largest absolute Gasteiger partial charge is 0.458 e. The summed E-state index contributed by atoms with van der Waals surface area (Å²) in [6.45, 7) is 23.9. The van der Waals surface area contributed by atoms with E-state index in [2.05, 4.69) is 4.98 Å². The molecule has 4 aromatic carbocycles. The van der Waals surface area contributed by atoms with Crippen molar-refractivity contribution in [1.82, 2.24) is 19.4 Å². The van der Waals surface area contributed by atoms with Gasteiger partial charge in [-0.1, -0.05) is 139 Å². The van der Waals surface area contributed by atoms with Crippen molar-refractivity contribution in [2.75, 3.05) is 42.4 Å². The maximum Gasteiger partial charge on any atom is 0.420 e. The molecule has 25 heteroatoms. The van der Waals surface area contributed by atoms with E-state index < -0.39 is 149 Å². The van der Waals surface area contributed by atoms with Gasteiger partial charge in [-0.15, -0.1) is 0 Å². The lowest BCUT2D eigenvalue weighted by atomic mass is 9.76. The molecule has 4 aliphatic rings. The number of rotatable bonds is 19. The van der Waals surface area contributed by atoms with E-state index in [0.717, 1.165) is 15.7 Å². The Kier molecular flexibility index (Phi) is 32.2. The molecule has 0 amide bonds. The zero-order chi connectivity index (χ0) is 84.6. The SMILES string of the molecule is CC[C@H]1OC(=O)[C@H](C)C(=O)[C@H](C)[C@@H](OC2O[C@H](C)C[C@H](N(C)C)[C@H]2OC(=O)c2ccccc2)[C@@](C)(OC)C[C@@H](C)C(=O)/C(C)=C/[C@@]1(O)Cc1ccccc1.CC[C@H]1OC(=O)[C@H](C)C(=O)[C@H](C)[C@@H](OC2O[C@H](C)C[C@H](N(C)C)[C@H]2OC(=O)c2ccccc2)[C@@](C)(OC)C[C@@H](C)C(=O)/C(C)=C/[C@]1(Cc1ccccc1)OC(=O)n1ccnc1. The summed E-state index contributed by atoms with van der Waals surface area (Å²) in [4.78, 5) is 135. The first kappa shape index (κ1) is 91.8. The number of imidazole rings is 1. The Bertz CT molecular complexity index is 4160. The Morgan fingerprint density at radius 2 is 0.930 bits per heavy atom. The molecule has 115 heavy (non-hydrogen) atoms. The van der Waals surface area contributed by atoms with Crippen LogP contribution in [-0.2, 0) is 93.7 Å². The summed E-state index contributed by atoms with van der Waals surface area (Å²) in [7, 11) is 10.5. The number of hydrogen-bond acceptors (Lipinski definition) is 24. The second kappa shape index (κ2) is 40.4. The summed E-state index contributed by atoms with van der Waals surface area (Å²) in [5.41, 5.74) is -3.31. The zero-order valence-corrected chi connectivity index (χ0v) is 70.4. The Balaban J connectivity index is 0.000000290. The van der Waals surface area contributed by atoms with E-state index in [0.29, 0.717) is 29.5 Å². The van der Waals surface area contributed by atoms with Crippen LogP contribution in [0.4, 0.5) is 4.79 Å². The van der Waals surface area contributed by atoms with Crippen molar-refractivity contribution in [3.8, 4) is 0 Å². The molecule has 9 rings (SSSR count). The Morgan fingerprint density at radius 1 is 0.548 bits per heavy atom. The number of nitrogens with zero attached hydrogens (tertiary/aromatic N) is 4. The highest BCUT2D eigenvalue weighted by atomic mass is 16.7. The Labute approximate surface area is 677 Å². The van der Waals surface area contributed by atoms with Gasteiger partial charge < -0.3 is 67.0 Å². The van der Waals surface area contributed by atoms with Crippen LogP contribution in [0.15, 0.2) is 163 Å². The minimum Gasteiger partial charge on any atom is -0.458 e. The van der Waals surface area contributed by atoms with Gasteiger partial charge in [-0.05, 0) is 181 Å². The lowest BCUT2D eigenvalue weighted by Crippen LogP contribution is -2.60. The molecule has 4 aliphatic heterocycles. The van der Waals surface area contributed by atoms with Crippen molar-refractivity contribution < 1.29 is 100 Å². The van der Waals surface area contributed by atoms with Crippen molar-refractivity contribution in [3.63, 3.8) is 0 Å². The molecule has 5 aromatic rings. The van der Waals surface area contributed by atoms with Crippen LogP contribution in [0.1, 0.15) is 167 Å². The normalized spacial score (nSPS) is 33.9. The number of hydrogen-bond donors (Lipinski definition) is 1. The third-order valence-corrected chi connectivity index (χ3v) is 23.1. The van der Waals surface area contributed by atoms with Crippen LogP contribution in [0.2, 0.25) is 0 Å². The third kappa shape index (κ3) is 22.5. The monoisotopic (exact) mass is 1590 g/mol. The first-order valence-electron chi connectivity index (χ1n) is 39.9. The topological polar surface area (TPSA) is 300 Å². The highest BCUT2D eigenvalue weighted by Crippen LogP contribution is 2.42. The van der Waals surface area contributed by atoms with Crippen LogP contribution in [0, 0.1) is 35.5 Å². The van der Waals surface area contributed by atoms with Crippen molar-refractivity contribution in [3.05, 3.63) is 186 Å². The molecule has 0 aliphatic carbocycles. The van der Waals surface area contributed by atoms with Crippen molar-refractivity contribution in [2.45, 2.75) is 244 Å². The van der Waals surface area contributed by atoms with Crippen LogP contribution in [-0.4, -0.2) is 216 Å². The number of esters is 4. The number of ketones is 4. The Morgan fingerprint density at radius 3 is 1.30 bits per heavy atom. The summed E-state index contributed by atoms with van der Waals surface area (Å²) < 4.78 is 70.9. The molecule has 0 saturated carbocycles. The molecule has 1 N–H and O–H groups in total. The second-order valence-corrected chi connectivity index (χ2v) is 32.5. The zero-order valence-electron chi connectivity index (χ0n) is 70.4. The number of benzene rings is 4. The van der Waals surface area contributed by atoms with Crippen molar-refractivity contribution in [2.24, 2.45) is 35.5 Å². The number of Topliss-reactive ketones (excluding diaryl/α,β-unsaturated/α-hetero) is 4. The number of carbonyl (C=O) groups is 9. The fourth-order valence-electron chi connectivity index (χ4n) is 16.6. The fraction of sp³-hybridized carbons (Fsp3) is 0.556. The predicted octanol–water partition coefficient (Wildman–Crippen LogP) is 12.4. The summed E-state index contributed by atoms with van der Waals surface area (Å²) in [5, 5.41) is 12.2. The lowest BCUT2D eigenvalue weighted by molar-refractivity contribution is -0.294. The molecule has 2 saturated heterocycles. The lowest BCUT2D eigenvalue weighted by Gasteiger charge is -2.47. The molecule has 2 fully saturated rings. The van der Waals surface area contributed by atoms with Gasteiger partial charge in [0.25, 0.3) is 0 Å². The van der Waals surface area contributed by atoms with E-state index in [4.69, 9.17) is 52.1 Å². The number of allylic oxidation sites excluding steroid dienone is 2. The van der Waals surface area contributed by atoms with Crippen LogP contribution in [0.25, 0.3) is 0 Å². The van der Waals surface area contributed by atoms with E-state index in [9.17, 15) is 48.3 Å². The van der Waals surface area contributed by atoms with Gasteiger partial charge in [0.1, 0.15) is 36.0 Å². The minimum absolute atomic E-state index is 0.0350. The van der Waals surface area contributed by atoms with Gasteiger partial charge in [0, 0.05) is 63.1 Å². The quantitative estimate of drug-likeness (QED) is 0.0456. The molecule has 626 valence electrons. The molecule has 2 unspecified atom stereocenters. The maximum absolute atomic E-state index is 14.7. The van der Waals surface area contributed by atoms with Gasteiger partial charge in [-0.25, -0.2) is 23.9 Å². The number of carbonyl (C=O) groups excluding carboxylic acids is 9. The second-order valence-electron chi connectivity index (χ2n) is 32.5. The number of aromatic nitrogens is 2. The number of ether oxygens (including phenoxy) is 11. The van der Waals surface area contributed by atoms with Gasteiger partial charge in [-0.2, -0.15) is 0 Å². The standard InChI is InChI=1S/C47H61N3O11.C43H59NO10/c1-11-37-47(27-34-18-14-12-15-19-34,61-45(55)50-23-22-48-28-50)26-30(3)38(51)29(2)25-46(7,56-10)41(32(5)39(52)33(6)42(53)58-37)60-44-40(36(49(8)9)24-31(4)57-44)59-43(54)35-20-16-13-17-21-35;1-11-34-43(49,25-31-18-14-12-15-19-31)24-27(3)35(45)26(2)23-42(7,50-10)38(29(5)36(46)30(6)39(47)52-34)54-41-37(33(44(8)9)22-28(4)51-41)53-40(48)32-20-16-13-17-21-32/h12-23,26,28-29,31-33,36-37,40-41,44H,11,24-25,27H2,1-10H3;12-21,24,26,28-30,33-34,37-38,41,49H,11,22-23,25H2,1-10H3/b30-26+;27-24+/t29-,31-,32+,33-,36+,37-,40-,41-,44?,46+,47-;26-,28-,29+,30-,33+,34-,37-,38-,41?,42+,43-/m11/s1. The number of methoxy groups -OCH3 is 2. The van der Waals surface area contributed by atoms with E-state index in [1.165, 1.54) is 52.9 Å². The molecular weight excluding hydrogens is 1470 g/mol. The highest BCUT2D eigenvalue weighted by molar-refractivity contribution is 6.01. The first-order chi connectivity index (χ1) is 54.4. The fourth-order valence-corrected chi connectivity index (χ4v) is 16.6. The Hall–Kier alpha value is -8.76. The van der Waals surface area contributed by atoms with Crippen LogP contribution in [0.3, 0.4) is 0 Å². The summed E-state index contributed by atoms with van der Waals surface area (Å²) in [6.07, 6.45) is -1.15. The molecule has 25 nitrogen and oxygen atoms in total. The van der Waals surface area contributed by atoms with Gasteiger partial charge in [0.05, 0.1) is 58.8 Å². The smallest absolute Gasteiger partial charge is 0.420 e. The van der Waals surface area contributed by atoms with Crippen LogP contribution < -0.4 is 0 Å². The van der Waals surface area contributed by atoms with E-state index >= 15 is 0 Å². The summed E-state index contributed by atoms with van der Waals surface area (Å²) in [6, 6.07) is 35.1. The average molecular weight is 1590 g/mol. The van der Waals surface area contributed by atoms with E-state index in [-0.39, 0.29) is 80.0 Å². The van der Waals surface area contributed by atoms with Gasteiger partial charge in [0.2, 0.25) is 0 Å². The summed E-state index contributed by atoms with van der Waals surface area (Å²) in [5.74, 6) is -10.4. The van der Waals surface area contributed by atoms with Gasteiger partial charge in [-0.3, -0.25) is 28.8 Å². The van der Waals surface area contributed by atoms with Gasteiger partial charge in [0.15, 0.2) is 53.5 Å². The first-order valence-corrected chi connectivity index (χ1v) is 39.9. The number of likely N-dealkylation sites (N-methyl/N-ethyl adjacent to an activating group) is 2. The van der Waals surface area contributed by atoms with Crippen LogP contribution >= 0.6 is 0 Å². The molecule has 5 heterocycles. The molecule has 0 bridgehead atoms. The molecule has 22 atom stereocenters. The van der Waals surface area contributed by atoms with E-state index in [1.54, 1.807) is 136 Å². The average Bonchev–Trinajstić information content (AvgIpc) is 0.807. The van der Waals surface area contributed by atoms with Crippen molar-refractivity contribution in [1.29, 1.82) is 0 Å². The molecular formula is C90H120N4O21.